The van der Waals surface area contributed by atoms with Gasteiger partial charge in [-0.2, -0.15) is 0 Å². The van der Waals surface area contributed by atoms with Gasteiger partial charge in [0.1, 0.15) is 11.4 Å². The molecular formula is C9H7NO2. The standard InChI is InChI=1S/C9H7NO2/c11-7-4-5-10-9-6(7)2-1-3-8(9)12/h1-3,5,12H,4H2. The molecular weight excluding hydrogens is 154 g/mol. The Bertz CT molecular complexity index is 369. The molecule has 2 rings (SSSR count). The van der Waals surface area contributed by atoms with Crippen LogP contribution in [0.5, 0.6) is 5.75 Å². The zero-order valence-corrected chi connectivity index (χ0v) is 6.32. The number of fused-ring (bicyclic) bond motifs is 1. The fourth-order valence-electron chi connectivity index (χ4n) is 1.22. The van der Waals surface area contributed by atoms with Crippen LogP contribution in [0.1, 0.15) is 16.8 Å². The number of carbonyl (C=O) groups excluding carboxylic acids is 1. The average molecular weight is 161 g/mol. The van der Waals surface area contributed by atoms with Crippen LogP contribution in [0.15, 0.2) is 23.2 Å². The van der Waals surface area contributed by atoms with Crippen molar-refractivity contribution in [2.45, 2.75) is 6.42 Å². The number of phenolic OH excluding ortho intramolecular Hbond substituents is 1. The summed E-state index contributed by atoms with van der Waals surface area (Å²) >= 11 is 0. The van der Waals surface area contributed by atoms with Crippen LogP contribution in [0.2, 0.25) is 0 Å². The van der Waals surface area contributed by atoms with Gasteiger partial charge >= 0.3 is 0 Å². The third kappa shape index (κ3) is 0.906. The molecule has 0 spiro atoms. The fraction of sp³-hybridized carbons (Fsp3) is 0.111. The second-order valence-electron chi connectivity index (χ2n) is 2.61. The van der Waals surface area contributed by atoms with E-state index >= 15 is 0 Å². The summed E-state index contributed by atoms with van der Waals surface area (Å²) in [7, 11) is 0. The minimum absolute atomic E-state index is 0.0101. The molecule has 0 aromatic heterocycles. The van der Waals surface area contributed by atoms with Crippen molar-refractivity contribution in [3.63, 3.8) is 0 Å². The molecule has 1 aromatic carbocycles. The van der Waals surface area contributed by atoms with Crippen LogP contribution in [0.25, 0.3) is 0 Å². The zero-order chi connectivity index (χ0) is 8.55. The Kier molecular flexibility index (Phi) is 1.43. The first kappa shape index (κ1) is 7.03. The number of carbonyl (C=O) groups is 1. The maximum absolute atomic E-state index is 11.2. The Hall–Kier alpha value is -1.64. The fourth-order valence-corrected chi connectivity index (χ4v) is 1.22. The zero-order valence-electron chi connectivity index (χ0n) is 6.32. The Morgan fingerprint density at radius 2 is 2.25 bits per heavy atom. The summed E-state index contributed by atoms with van der Waals surface area (Å²) in [5.74, 6) is 0.0766. The Labute approximate surface area is 69.4 Å². The van der Waals surface area contributed by atoms with E-state index in [1.54, 1.807) is 12.1 Å². The molecule has 0 aliphatic carbocycles. The molecule has 60 valence electrons. The number of aromatic hydroxyl groups is 1. The average Bonchev–Trinajstić information content (AvgIpc) is 2.07. The van der Waals surface area contributed by atoms with Gasteiger partial charge in [0.25, 0.3) is 0 Å². The van der Waals surface area contributed by atoms with Gasteiger partial charge in [-0.3, -0.25) is 9.79 Å². The van der Waals surface area contributed by atoms with E-state index in [9.17, 15) is 9.90 Å². The van der Waals surface area contributed by atoms with Gasteiger partial charge in [-0.05, 0) is 12.1 Å². The van der Waals surface area contributed by atoms with E-state index in [-0.39, 0.29) is 11.5 Å². The highest BCUT2D eigenvalue weighted by Crippen LogP contribution is 2.32. The third-order valence-corrected chi connectivity index (χ3v) is 1.81. The van der Waals surface area contributed by atoms with Crippen LogP contribution in [0.3, 0.4) is 0 Å². The number of Topliss-reactive ketones (excluding diaryl/α,β-unsaturated/α-hetero) is 1. The topological polar surface area (TPSA) is 49.7 Å². The van der Waals surface area contributed by atoms with E-state index in [0.717, 1.165) is 0 Å². The summed E-state index contributed by atoms with van der Waals surface area (Å²) in [5.41, 5.74) is 0.909. The van der Waals surface area contributed by atoms with E-state index in [1.165, 1.54) is 12.3 Å². The molecule has 0 saturated heterocycles. The molecule has 1 heterocycles. The van der Waals surface area contributed by atoms with Crippen molar-refractivity contribution in [2.75, 3.05) is 0 Å². The molecule has 0 radical (unpaired) electrons. The van der Waals surface area contributed by atoms with Gasteiger partial charge in [0.05, 0.1) is 0 Å². The monoisotopic (exact) mass is 161 g/mol. The number of phenols is 1. The van der Waals surface area contributed by atoms with Gasteiger partial charge < -0.3 is 5.11 Å². The van der Waals surface area contributed by atoms with Crippen molar-refractivity contribution in [1.82, 2.24) is 0 Å². The Morgan fingerprint density at radius 1 is 1.42 bits per heavy atom. The maximum atomic E-state index is 11.2. The molecule has 0 saturated carbocycles. The smallest absolute Gasteiger partial charge is 0.170 e. The van der Waals surface area contributed by atoms with Gasteiger partial charge in [-0.1, -0.05) is 6.07 Å². The number of para-hydroxylation sites is 1. The molecule has 0 unspecified atom stereocenters. The molecule has 0 fully saturated rings. The van der Waals surface area contributed by atoms with Gasteiger partial charge in [0.2, 0.25) is 0 Å². The predicted octanol–water partition coefficient (Wildman–Crippen LogP) is 1.68. The summed E-state index contributed by atoms with van der Waals surface area (Å²) in [6.07, 6.45) is 1.85. The van der Waals surface area contributed by atoms with Crippen molar-refractivity contribution < 1.29 is 9.90 Å². The lowest BCUT2D eigenvalue weighted by molar-refractivity contribution is 0.100. The third-order valence-electron chi connectivity index (χ3n) is 1.81. The number of hydrogen-bond acceptors (Lipinski definition) is 3. The van der Waals surface area contributed by atoms with E-state index in [2.05, 4.69) is 4.99 Å². The molecule has 3 heteroatoms. The number of hydrogen-bond donors (Lipinski definition) is 1. The quantitative estimate of drug-likeness (QED) is 0.629. The highest BCUT2D eigenvalue weighted by Gasteiger charge is 2.16. The first-order valence-electron chi connectivity index (χ1n) is 3.67. The van der Waals surface area contributed by atoms with Crippen molar-refractivity contribution in [2.24, 2.45) is 4.99 Å². The van der Waals surface area contributed by atoms with Crippen LogP contribution in [-0.2, 0) is 0 Å². The molecule has 0 amide bonds. The molecule has 0 atom stereocenters. The molecule has 0 bridgehead atoms. The Morgan fingerprint density at radius 3 is 3.00 bits per heavy atom. The van der Waals surface area contributed by atoms with E-state index in [1.807, 2.05) is 0 Å². The lowest BCUT2D eigenvalue weighted by Gasteiger charge is -2.08. The normalized spacial score (nSPS) is 14.5. The van der Waals surface area contributed by atoms with E-state index in [4.69, 9.17) is 0 Å². The van der Waals surface area contributed by atoms with Crippen molar-refractivity contribution in [1.29, 1.82) is 0 Å². The molecule has 3 nitrogen and oxygen atoms in total. The van der Waals surface area contributed by atoms with Gasteiger partial charge in [-0.15, -0.1) is 0 Å². The van der Waals surface area contributed by atoms with E-state index < -0.39 is 0 Å². The second-order valence-corrected chi connectivity index (χ2v) is 2.61. The van der Waals surface area contributed by atoms with Crippen LogP contribution in [0.4, 0.5) is 5.69 Å². The van der Waals surface area contributed by atoms with Gasteiger partial charge in [0, 0.05) is 18.2 Å². The number of benzene rings is 1. The summed E-state index contributed by atoms with van der Waals surface area (Å²) in [6, 6.07) is 4.84. The summed E-state index contributed by atoms with van der Waals surface area (Å²) in [4.78, 5) is 15.2. The highest BCUT2D eigenvalue weighted by atomic mass is 16.3. The van der Waals surface area contributed by atoms with Crippen LogP contribution in [-0.4, -0.2) is 17.1 Å². The first-order valence-corrected chi connectivity index (χ1v) is 3.67. The van der Waals surface area contributed by atoms with Crippen LogP contribution in [0, 0.1) is 0 Å². The summed E-state index contributed by atoms with van der Waals surface area (Å²) < 4.78 is 0. The largest absolute Gasteiger partial charge is 0.506 e. The SMILES string of the molecule is O=C1CC=Nc2c(O)cccc21. The Balaban J connectivity index is 2.69. The van der Waals surface area contributed by atoms with Crippen molar-refractivity contribution in [3.05, 3.63) is 23.8 Å². The molecule has 1 aromatic rings. The number of nitrogens with zero attached hydrogens (tertiary/aromatic N) is 1. The maximum Gasteiger partial charge on any atom is 0.170 e. The first-order chi connectivity index (χ1) is 5.79. The predicted molar refractivity (Wildman–Crippen MR) is 45.2 cm³/mol. The minimum atomic E-state index is 0.0101. The molecule has 1 aliphatic heterocycles. The van der Waals surface area contributed by atoms with Gasteiger partial charge in [-0.25, -0.2) is 0 Å². The minimum Gasteiger partial charge on any atom is -0.506 e. The summed E-state index contributed by atoms with van der Waals surface area (Å²) in [5, 5.41) is 9.31. The van der Waals surface area contributed by atoms with Crippen LogP contribution >= 0.6 is 0 Å². The lowest BCUT2D eigenvalue weighted by Crippen LogP contribution is -2.03. The van der Waals surface area contributed by atoms with Crippen molar-refractivity contribution >= 4 is 17.7 Å². The molecule has 1 aliphatic rings. The highest BCUT2D eigenvalue weighted by molar-refractivity contribution is 6.10. The number of rotatable bonds is 0. The summed E-state index contributed by atoms with van der Waals surface area (Å²) in [6.45, 7) is 0. The van der Waals surface area contributed by atoms with Crippen LogP contribution < -0.4 is 0 Å². The second kappa shape index (κ2) is 2.44. The molecule has 12 heavy (non-hydrogen) atoms. The van der Waals surface area contributed by atoms with Crippen molar-refractivity contribution in [3.8, 4) is 5.75 Å². The number of ketones is 1. The molecule has 1 N–H and O–H groups in total. The lowest BCUT2D eigenvalue weighted by atomic mass is 10.0. The number of aliphatic imine (C=N–C) groups is 1. The van der Waals surface area contributed by atoms with E-state index in [0.29, 0.717) is 17.7 Å². The van der Waals surface area contributed by atoms with Gasteiger partial charge in [0.15, 0.2) is 5.78 Å².